The summed E-state index contributed by atoms with van der Waals surface area (Å²) >= 11 is 0. The van der Waals surface area contributed by atoms with Crippen LogP contribution in [0.15, 0.2) is 12.7 Å². The first-order chi connectivity index (χ1) is 7.08. The van der Waals surface area contributed by atoms with Gasteiger partial charge in [-0.05, 0) is 25.7 Å². The number of carbonyl (C=O) groups is 2. The summed E-state index contributed by atoms with van der Waals surface area (Å²) in [6.45, 7) is 3.71. The molecular weight excluding hydrogens is 194 g/mol. The van der Waals surface area contributed by atoms with Crippen LogP contribution in [0.1, 0.15) is 25.7 Å². The molecule has 4 nitrogen and oxygen atoms in total. The number of carboxylic acids is 1. The van der Waals surface area contributed by atoms with E-state index < -0.39 is 11.9 Å². The van der Waals surface area contributed by atoms with E-state index in [-0.39, 0.29) is 17.4 Å². The highest BCUT2D eigenvalue weighted by Crippen LogP contribution is 2.40. The molecule has 0 saturated heterocycles. The molecular formula is C11H15NO3. The second-order valence-electron chi connectivity index (χ2n) is 4.49. The first kappa shape index (κ1) is 10.2. The molecule has 0 aromatic heterocycles. The van der Waals surface area contributed by atoms with Crippen molar-refractivity contribution in [3.63, 3.8) is 0 Å². The average Bonchev–Trinajstić information content (AvgIpc) is 2.90. The lowest BCUT2D eigenvalue weighted by atomic mass is 9.77. The van der Waals surface area contributed by atoms with E-state index in [2.05, 4.69) is 11.9 Å². The highest BCUT2D eigenvalue weighted by Gasteiger charge is 2.50. The van der Waals surface area contributed by atoms with E-state index >= 15 is 0 Å². The van der Waals surface area contributed by atoms with Gasteiger partial charge in [-0.1, -0.05) is 6.08 Å². The highest BCUT2D eigenvalue weighted by molar-refractivity contribution is 5.90. The van der Waals surface area contributed by atoms with Gasteiger partial charge in [0.05, 0.1) is 17.4 Å². The van der Waals surface area contributed by atoms with Crippen molar-refractivity contribution >= 4 is 11.9 Å². The summed E-state index contributed by atoms with van der Waals surface area (Å²) in [7, 11) is 0. The van der Waals surface area contributed by atoms with E-state index in [4.69, 9.17) is 5.11 Å². The summed E-state index contributed by atoms with van der Waals surface area (Å²) in [5.41, 5.74) is -0.247. The predicted molar refractivity (Wildman–Crippen MR) is 54.2 cm³/mol. The fourth-order valence-electron chi connectivity index (χ4n) is 2.03. The van der Waals surface area contributed by atoms with Crippen LogP contribution in [-0.2, 0) is 9.59 Å². The Morgan fingerprint density at radius 3 is 2.40 bits per heavy atom. The molecule has 15 heavy (non-hydrogen) atoms. The number of rotatable bonds is 4. The van der Waals surface area contributed by atoms with Gasteiger partial charge in [0.1, 0.15) is 0 Å². The standard InChI is InChI=1S/C11H15NO3/c1-2-11(4-3-5-11)12-9(13)7-6-8(7)10(14)15/h2,7-8H,1,3-6H2,(H,12,13)(H,14,15)/t7-,8-/m1/s1. The maximum absolute atomic E-state index is 11.7. The molecule has 2 fully saturated rings. The maximum Gasteiger partial charge on any atom is 0.307 e. The van der Waals surface area contributed by atoms with Crippen LogP contribution in [-0.4, -0.2) is 22.5 Å². The summed E-state index contributed by atoms with van der Waals surface area (Å²) < 4.78 is 0. The fourth-order valence-corrected chi connectivity index (χ4v) is 2.03. The van der Waals surface area contributed by atoms with Crippen LogP contribution in [0.25, 0.3) is 0 Å². The van der Waals surface area contributed by atoms with Crippen LogP contribution in [0.2, 0.25) is 0 Å². The Morgan fingerprint density at radius 1 is 1.40 bits per heavy atom. The normalized spacial score (nSPS) is 31.2. The molecule has 0 aromatic rings. The van der Waals surface area contributed by atoms with Gasteiger partial charge < -0.3 is 10.4 Å². The molecule has 0 radical (unpaired) electrons. The molecule has 0 aliphatic heterocycles. The van der Waals surface area contributed by atoms with E-state index in [0.29, 0.717) is 6.42 Å². The van der Waals surface area contributed by atoms with Gasteiger partial charge in [-0.15, -0.1) is 6.58 Å². The maximum atomic E-state index is 11.7. The zero-order chi connectivity index (χ0) is 11.1. The molecule has 4 heteroatoms. The minimum atomic E-state index is -0.864. The molecule has 82 valence electrons. The van der Waals surface area contributed by atoms with Gasteiger partial charge in [0.2, 0.25) is 5.91 Å². The number of nitrogens with one attached hydrogen (secondary N) is 1. The second kappa shape index (κ2) is 3.36. The Morgan fingerprint density at radius 2 is 2.07 bits per heavy atom. The summed E-state index contributed by atoms with van der Waals surface area (Å²) in [6, 6.07) is 0. The van der Waals surface area contributed by atoms with E-state index in [1.807, 2.05) is 0 Å². The van der Waals surface area contributed by atoms with Crippen LogP contribution in [0.3, 0.4) is 0 Å². The van der Waals surface area contributed by atoms with Gasteiger partial charge in [0, 0.05) is 0 Å². The quantitative estimate of drug-likeness (QED) is 0.677. The van der Waals surface area contributed by atoms with Crippen molar-refractivity contribution in [2.75, 3.05) is 0 Å². The summed E-state index contributed by atoms with van der Waals surface area (Å²) in [5, 5.41) is 11.6. The summed E-state index contributed by atoms with van der Waals surface area (Å²) in [5.74, 6) is -1.77. The monoisotopic (exact) mass is 209 g/mol. The minimum absolute atomic E-state index is 0.123. The third-order valence-electron chi connectivity index (χ3n) is 3.45. The van der Waals surface area contributed by atoms with Crippen LogP contribution in [0.5, 0.6) is 0 Å². The lowest BCUT2D eigenvalue weighted by Gasteiger charge is -2.40. The topological polar surface area (TPSA) is 66.4 Å². The first-order valence-electron chi connectivity index (χ1n) is 5.26. The van der Waals surface area contributed by atoms with Gasteiger partial charge >= 0.3 is 5.97 Å². The van der Waals surface area contributed by atoms with Crippen LogP contribution in [0, 0.1) is 11.8 Å². The molecule has 2 atom stereocenters. The van der Waals surface area contributed by atoms with Crippen molar-refractivity contribution in [2.24, 2.45) is 11.8 Å². The van der Waals surface area contributed by atoms with Gasteiger partial charge in [-0.2, -0.15) is 0 Å². The Bertz CT molecular complexity index is 320. The lowest BCUT2D eigenvalue weighted by Crippen LogP contribution is -2.52. The minimum Gasteiger partial charge on any atom is -0.481 e. The number of carboxylic acid groups (broad SMARTS) is 1. The van der Waals surface area contributed by atoms with Gasteiger partial charge in [-0.3, -0.25) is 9.59 Å². The zero-order valence-corrected chi connectivity index (χ0v) is 8.53. The molecule has 2 rings (SSSR count). The number of hydrogen-bond donors (Lipinski definition) is 2. The molecule has 0 heterocycles. The van der Waals surface area contributed by atoms with Crippen LogP contribution in [0.4, 0.5) is 0 Å². The summed E-state index contributed by atoms with van der Waals surface area (Å²) in [6.07, 6.45) is 5.19. The first-order valence-corrected chi connectivity index (χ1v) is 5.26. The lowest BCUT2D eigenvalue weighted by molar-refractivity contribution is -0.140. The number of aliphatic carboxylic acids is 1. The van der Waals surface area contributed by atoms with Crippen molar-refractivity contribution in [1.29, 1.82) is 0 Å². The summed E-state index contributed by atoms with van der Waals surface area (Å²) in [4.78, 5) is 22.3. The molecule has 0 unspecified atom stereocenters. The molecule has 0 bridgehead atoms. The highest BCUT2D eigenvalue weighted by atomic mass is 16.4. The smallest absolute Gasteiger partial charge is 0.307 e. The Hall–Kier alpha value is -1.32. The number of hydrogen-bond acceptors (Lipinski definition) is 2. The van der Waals surface area contributed by atoms with Crippen molar-refractivity contribution in [1.82, 2.24) is 5.32 Å². The molecule has 1 amide bonds. The van der Waals surface area contributed by atoms with Gasteiger partial charge in [0.25, 0.3) is 0 Å². The Balaban J connectivity index is 1.88. The predicted octanol–water partition coefficient (Wildman–Crippen LogP) is 0.932. The fraction of sp³-hybridized carbons (Fsp3) is 0.636. The zero-order valence-electron chi connectivity index (χ0n) is 8.53. The molecule has 2 aliphatic rings. The second-order valence-corrected chi connectivity index (χ2v) is 4.49. The van der Waals surface area contributed by atoms with Gasteiger partial charge in [0.15, 0.2) is 0 Å². The van der Waals surface area contributed by atoms with Crippen molar-refractivity contribution in [3.8, 4) is 0 Å². The molecule has 2 aliphatic carbocycles. The molecule has 2 saturated carbocycles. The van der Waals surface area contributed by atoms with E-state index in [9.17, 15) is 9.59 Å². The van der Waals surface area contributed by atoms with Crippen molar-refractivity contribution in [3.05, 3.63) is 12.7 Å². The largest absolute Gasteiger partial charge is 0.481 e. The SMILES string of the molecule is C=CC1(NC(=O)[C@@H]2C[C@H]2C(=O)O)CCC1. The van der Waals surface area contributed by atoms with Crippen LogP contribution < -0.4 is 5.32 Å². The molecule has 0 aromatic carbocycles. The van der Waals surface area contributed by atoms with E-state index in [0.717, 1.165) is 19.3 Å². The number of amides is 1. The average molecular weight is 209 g/mol. The Kier molecular flexibility index (Phi) is 2.29. The third-order valence-corrected chi connectivity index (χ3v) is 3.45. The van der Waals surface area contributed by atoms with Crippen molar-refractivity contribution < 1.29 is 14.7 Å². The van der Waals surface area contributed by atoms with E-state index in [1.54, 1.807) is 6.08 Å². The van der Waals surface area contributed by atoms with Crippen LogP contribution >= 0.6 is 0 Å². The Labute approximate surface area is 88.4 Å². The van der Waals surface area contributed by atoms with E-state index in [1.165, 1.54) is 0 Å². The third kappa shape index (κ3) is 1.76. The molecule has 2 N–H and O–H groups in total. The number of carbonyl (C=O) groups excluding carboxylic acids is 1. The van der Waals surface area contributed by atoms with Gasteiger partial charge in [-0.25, -0.2) is 0 Å². The molecule has 0 spiro atoms. The van der Waals surface area contributed by atoms with Crippen molar-refractivity contribution in [2.45, 2.75) is 31.2 Å².